The first kappa shape index (κ1) is 15.2. The average Bonchev–Trinajstić information content (AvgIpc) is 2.78. The Morgan fingerprint density at radius 3 is 2.68 bits per heavy atom. The molecule has 1 aromatic heterocycles. The van der Waals surface area contributed by atoms with Gasteiger partial charge in [0.15, 0.2) is 0 Å². The number of hydrogen-bond donors (Lipinski definition) is 1. The molecule has 19 heavy (non-hydrogen) atoms. The number of nitrogens with one attached hydrogen (secondary N) is 1. The van der Waals surface area contributed by atoms with Crippen LogP contribution in [-0.2, 0) is 6.42 Å². The van der Waals surface area contributed by atoms with E-state index < -0.39 is 0 Å². The summed E-state index contributed by atoms with van der Waals surface area (Å²) in [6.07, 6.45) is 1.02. The van der Waals surface area contributed by atoms with Crippen LogP contribution >= 0.6 is 43.2 Å². The van der Waals surface area contributed by atoms with Crippen molar-refractivity contribution in [1.29, 1.82) is 0 Å². The van der Waals surface area contributed by atoms with Gasteiger partial charge < -0.3 is 5.32 Å². The lowest BCUT2D eigenvalue weighted by Crippen LogP contribution is -2.23. The zero-order valence-corrected chi connectivity index (χ0v) is 15.0. The molecule has 0 bridgehead atoms. The molecule has 0 aliphatic rings. The highest BCUT2D eigenvalue weighted by atomic mass is 79.9. The summed E-state index contributed by atoms with van der Waals surface area (Å²) < 4.78 is 2.36. The molecule has 2 aromatic rings. The van der Waals surface area contributed by atoms with E-state index in [0.717, 1.165) is 17.4 Å². The van der Waals surface area contributed by atoms with Gasteiger partial charge in [0.05, 0.1) is 0 Å². The lowest BCUT2D eigenvalue weighted by Gasteiger charge is -2.20. The molecular formula is C15H17Br2NS. The first-order valence-electron chi connectivity index (χ1n) is 6.33. The van der Waals surface area contributed by atoms with Gasteiger partial charge in [0.2, 0.25) is 0 Å². The summed E-state index contributed by atoms with van der Waals surface area (Å²) in [6.45, 7) is 5.30. The Balaban J connectivity index is 2.29. The molecule has 0 radical (unpaired) electrons. The molecule has 0 saturated carbocycles. The summed E-state index contributed by atoms with van der Waals surface area (Å²) >= 11 is 9.01. The molecule has 0 fully saturated rings. The zero-order chi connectivity index (χ0) is 13.8. The van der Waals surface area contributed by atoms with Gasteiger partial charge in [0.1, 0.15) is 0 Å². The van der Waals surface area contributed by atoms with Gasteiger partial charge in [-0.15, -0.1) is 11.3 Å². The highest BCUT2D eigenvalue weighted by Gasteiger charge is 2.16. The van der Waals surface area contributed by atoms with Gasteiger partial charge in [-0.25, -0.2) is 0 Å². The second kappa shape index (κ2) is 7.02. The highest BCUT2D eigenvalue weighted by Crippen LogP contribution is 2.30. The number of benzene rings is 1. The van der Waals surface area contributed by atoms with E-state index >= 15 is 0 Å². The Morgan fingerprint density at radius 1 is 1.26 bits per heavy atom. The molecule has 0 saturated heterocycles. The quantitative estimate of drug-likeness (QED) is 0.698. The number of hydrogen-bond acceptors (Lipinski definition) is 2. The summed E-state index contributed by atoms with van der Waals surface area (Å²) in [5, 5.41) is 5.73. The van der Waals surface area contributed by atoms with Crippen molar-refractivity contribution in [2.45, 2.75) is 26.3 Å². The number of thiophene rings is 1. The van der Waals surface area contributed by atoms with Crippen LogP contribution < -0.4 is 5.32 Å². The predicted molar refractivity (Wildman–Crippen MR) is 91.0 cm³/mol. The van der Waals surface area contributed by atoms with Gasteiger partial charge in [-0.1, -0.05) is 28.9 Å². The maximum absolute atomic E-state index is 3.62. The van der Waals surface area contributed by atoms with E-state index in [2.05, 4.69) is 80.7 Å². The topological polar surface area (TPSA) is 12.0 Å². The maximum atomic E-state index is 3.62. The lowest BCUT2D eigenvalue weighted by molar-refractivity contribution is 0.550. The molecule has 1 aromatic carbocycles. The van der Waals surface area contributed by atoms with Crippen molar-refractivity contribution < 1.29 is 0 Å². The smallest absolute Gasteiger partial charge is 0.0372 e. The van der Waals surface area contributed by atoms with Crippen LogP contribution in [0.15, 0.2) is 38.6 Å². The third kappa shape index (κ3) is 3.91. The Morgan fingerprint density at radius 2 is 2.05 bits per heavy atom. The molecule has 1 heterocycles. The highest BCUT2D eigenvalue weighted by molar-refractivity contribution is 9.10. The standard InChI is InChI=1S/C15H17Br2NS/c1-3-18-14(9-15-13(17)6-7-19-15)12-8-11(16)5-4-10(12)2/h4-8,14,18H,3,9H2,1-2H3. The van der Waals surface area contributed by atoms with E-state index in [-0.39, 0.29) is 0 Å². The van der Waals surface area contributed by atoms with Crippen LogP contribution in [0.5, 0.6) is 0 Å². The van der Waals surface area contributed by atoms with Crippen molar-refractivity contribution in [1.82, 2.24) is 5.32 Å². The molecule has 1 unspecified atom stereocenters. The van der Waals surface area contributed by atoms with E-state index in [1.807, 2.05) is 11.3 Å². The summed E-state index contributed by atoms with van der Waals surface area (Å²) in [4.78, 5) is 1.39. The van der Waals surface area contributed by atoms with Gasteiger partial charge in [-0.3, -0.25) is 0 Å². The number of rotatable bonds is 5. The minimum Gasteiger partial charge on any atom is -0.310 e. The van der Waals surface area contributed by atoms with Crippen LogP contribution in [-0.4, -0.2) is 6.54 Å². The van der Waals surface area contributed by atoms with Crippen LogP contribution in [0, 0.1) is 6.92 Å². The molecule has 4 heteroatoms. The molecule has 0 amide bonds. The van der Waals surface area contributed by atoms with Gasteiger partial charge >= 0.3 is 0 Å². The molecule has 0 spiro atoms. The Kier molecular flexibility index (Phi) is 5.63. The van der Waals surface area contributed by atoms with Crippen molar-refractivity contribution in [3.63, 3.8) is 0 Å². The molecule has 0 aliphatic heterocycles. The lowest BCUT2D eigenvalue weighted by atomic mass is 9.98. The predicted octanol–water partition coefficient (Wildman–Crippen LogP) is 5.47. The maximum Gasteiger partial charge on any atom is 0.0372 e. The third-order valence-corrected chi connectivity index (χ3v) is 5.59. The molecule has 0 aliphatic carbocycles. The Bertz CT molecular complexity index is 551. The monoisotopic (exact) mass is 401 g/mol. The van der Waals surface area contributed by atoms with E-state index in [1.54, 1.807) is 0 Å². The second-order valence-corrected chi connectivity index (χ2v) is 7.28. The first-order chi connectivity index (χ1) is 9.11. The largest absolute Gasteiger partial charge is 0.310 e. The van der Waals surface area contributed by atoms with Gasteiger partial charge in [-0.05, 0) is 64.1 Å². The van der Waals surface area contributed by atoms with Crippen molar-refractivity contribution in [2.24, 2.45) is 0 Å². The van der Waals surface area contributed by atoms with E-state index in [0.29, 0.717) is 6.04 Å². The molecular weight excluding hydrogens is 386 g/mol. The van der Waals surface area contributed by atoms with Crippen LogP contribution in [0.4, 0.5) is 0 Å². The van der Waals surface area contributed by atoms with Gasteiger partial charge in [-0.2, -0.15) is 0 Å². The third-order valence-electron chi connectivity index (χ3n) is 3.15. The molecule has 1 nitrogen and oxygen atoms in total. The van der Waals surface area contributed by atoms with E-state index in [9.17, 15) is 0 Å². The average molecular weight is 403 g/mol. The fourth-order valence-electron chi connectivity index (χ4n) is 2.18. The van der Waals surface area contributed by atoms with Crippen molar-refractivity contribution in [3.8, 4) is 0 Å². The van der Waals surface area contributed by atoms with Crippen molar-refractivity contribution in [2.75, 3.05) is 6.54 Å². The molecule has 1 atom stereocenters. The number of likely N-dealkylation sites (N-methyl/N-ethyl adjacent to an activating group) is 1. The number of aryl methyl sites for hydroxylation is 1. The minimum atomic E-state index is 0.359. The normalized spacial score (nSPS) is 12.6. The molecule has 1 N–H and O–H groups in total. The first-order valence-corrected chi connectivity index (χ1v) is 8.79. The Labute approximate surface area is 135 Å². The van der Waals surface area contributed by atoms with Gasteiger partial charge in [0.25, 0.3) is 0 Å². The summed E-state index contributed by atoms with van der Waals surface area (Å²) in [6, 6.07) is 8.98. The second-order valence-electron chi connectivity index (χ2n) is 4.51. The van der Waals surface area contributed by atoms with Crippen molar-refractivity contribution in [3.05, 3.63) is 54.6 Å². The zero-order valence-electron chi connectivity index (χ0n) is 11.0. The fraction of sp³-hybridized carbons (Fsp3) is 0.333. The van der Waals surface area contributed by atoms with Crippen molar-refractivity contribution >= 4 is 43.2 Å². The van der Waals surface area contributed by atoms with Crippen LogP contribution in [0.3, 0.4) is 0 Å². The van der Waals surface area contributed by atoms with Crippen LogP contribution in [0.1, 0.15) is 29.0 Å². The van der Waals surface area contributed by atoms with E-state index in [1.165, 1.54) is 20.5 Å². The molecule has 102 valence electrons. The summed E-state index contributed by atoms with van der Waals surface area (Å²) in [7, 11) is 0. The summed E-state index contributed by atoms with van der Waals surface area (Å²) in [5.41, 5.74) is 2.71. The van der Waals surface area contributed by atoms with Crippen LogP contribution in [0.2, 0.25) is 0 Å². The minimum absolute atomic E-state index is 0.359. The van der Waals surface area contributed by atoms with Crippen LogP contribution in [0.25, 0.3) is 0 Å². The number of halogens is 2. The summed E-state index contributed by atoms with van der Waals surface area (Å²) in [5.74, 6) is 0. The van der Waals surface area contributed by atoms with E-state index in [4.69, 9.17) is 0 Å². The fourth-order valence-corrected chi connectivity index (χ4v) is 4.12. The Hall–Kier alpha value is -0.160. The van der Waals surface area contributed by atoms with Gasteiger partial charge in [0, 0.05) is 26.3 Å². The SMILES string of the molecule is CCNC(Cc1sccc1Br)c1cc(Br)ccc1C. The molecule has 2 rings (SSSR count).